The average Bonchev–Trinajstić information content (AvgIpc) is 3.19. The van der Waals surface area contributed by atoms with Crippen LogP contribution in [0.5, 0.6) is 0 Å². The fourth-order valence-corrected chi connectivity index (χ4v) is 5.38. The maximum atomic E-state index is 12.9. The second-order valence-corrected chi connectivity index (χ2v) is 8.47. The van der Waals surface area contributed by atoms with Crippen LogP contribution >= 0.6 is 0 Å². The number of pyridine rings is 1. The van der Waals surface area contributed by atoms with Crippen molar-refractivity contribution < 1.29 is 0 Å². The van der Waals surface area contributed by atoms with E-state index < -0.39 is 0 Å². The lowest BCUT2D eigenvalue weighted by Crippen LogP contribution is -2.49. The average molecular weight is 389 g/mol. The maximum absolute atomic E-state index is 12.9. The van der Waals surface area contributed by atoms with Gasteiger partial charge in [-0.3, -0.25) is 9.69 Å². The molecule has 2 aliphatic heterocycles. The minimum Gasteiger partial charge on any atom is -0.334 e. The van der Waals surface area contributed by atoms with Gasteiger partial charge in [0.15, 0.2) is 0 Å². The molecular weight excluding hydrogens is 360 g/mol. The molecule has 29 heavy (non-hydrogen) atoms. The Morgan fingerprint density at radius 1 is 1.07 bits per heavy atom. The first kappa shape index (κ1) is 18.4. The Kier molecular flexibility index (Phi) is 4.84. The summed E-state index contributed by atoms with van der Waals surface area (Å²) in [5.41, 5.74) is 3.94. The van der Waals surface area contributed by atoms with Gasteiger partial charge in [0.1, 0.15) is 0 Å². The first-order chi connectivity index (χ1) is 14.2. The molecule has 1 saturated heterocycles. The molecule has 2 bridgehead atoms. The molecule has 0 N–H and O–H groups in total. The van der Waals surface area contributed by atoms with Crippen LogP contribution < -0.4 is 5.56 Å². The lowest BCUT2D eigenvalue weighted by atomic mass is 9.76. The second kappa shape index (κ2) is 7.64. The fourth-order valence-electron chi connectivity index (χ4n) is 5.38. The highest BCUT2D eigenvalue weighted by molar-refractivity contribution is 5.22. The summed E-state index contributed by atoms with van der Waals surface area (Å²) in [7, 11) is 0. The summed E-state index contributed by atoms with van der Waals surface area (Å²) in [4.78, 5) is 19.8. The minimum atomic E-state index is 0.149. The van der Waals surface area contributed by atoms with Crippen LogP contribution in [0.3, 0.4) is 0 Å². The van der Waals surface area contributed by atoms with Gasteiger partial charge in [-0.2, -0.15) is 0 Å². The molecule has 2 aromatic heterocycles. The van der Waals surface area contributed by atoms with Gasteiger partial charge < -0.3 is 9.13 Å². The SMILES string of the molecule is CCn1cncc1CN1C[C@H]2C[C@@H](C1)[C@H](Cc1ccccc1)n1c2cccc1=O. The zero-order valence-corrected chi connectivity index (χ0v) is 16.9. The van der Waals surface area contributed by atoms with Crippen molar-refractivity contribution >= 4 is 0 Å². The van der Waals surface area contributed by atoms with Gasteiger partial charge in [0.2, 0.25) is 0 Å². The highest BCUT2D eigenvalue weighted by atomic mass is 16.1. The van der Waals surface area contributed by atoms with E-state index in [-0.39, 0.29) is 11.6 Å². The molecule has 1 fully saturated rings. The number of piperidine rings is 1. The van der Waals surface area contributed by atoms with E-state index in [1.807, 2.05) is 18.6 Å². The van der Waals surface area contributed by atoms with Gasteiger partial charge in [-0.05, 0) is 37.3 Å². The molecule has 0 aliphatic carbocycles. The van der Waals surface area contributed by atoms with E-state index in [1.165, 1.54) is 23.4 Å². The summed E-state index contributed by atoms with van der Waals surface area (Å²) in [6.07, 6.45) is 6.00. The Labute approximate surface area is 171 Å². The van der Waals surface area contributed by atoms with Crippen LogP contribution in [0.2, 0.25) is 0 Å². The third-order valence-corrected chi connectivity index (χ3v) is 6.69. The second-order valence-electron chi connectivity index (χ2n) is 8.47. The van der Waals surface area contributed by atoms with Crippen molar-refractivity contribution in [3.63, 3.8) is 0 Å². The van der Waals surface area contributed by atoms with Crippen LogP contribution in [-0.2, 0) is 19.5 Å². The molecule has 5 rings (SSSR count). The number of fused-ring (bicyclic) bond motifs is 4. The summed E-state index contributed by atoms with van der Waals surface area (Å²) in [5, 5.41) is 0. The largest absolute Gasteiger partial charge is 0.334 e. The van der Waals surface area contributed by atoms with Crippen molar-refractivity contribution in [2.45, 2.75) is 44.8 Å². The summed E-state index contributed by atoms with van der Waals surface area (Å²) in [6, 6.07) is 16.6. The van der Waals surface area contributed by atoms with E-state index in [9.17, 15) is 4.79 Å². The monoisotopic (exact) mass is 388 g/mol. The third-order valence-electron chi connectivity index (χ3n) is 6.69. The van der Waals surface area contributed by atoms with Gasteiger partial charge >= 0.3 is 0 Å². The summed E-state index contributed by atoms with van der Waals surface area (Å²) < 4.78 is 4.34. The number of imidazole rings is 1. The number of hydrogen-bond donors (Lipinski definition) is 0. The Balaban J connectivity index is 1.48. The van der Waals surface area contributed by atoms with Gasteiger partial charge in [0.05, 0.1) is 12.0 Å². The summed E-state index contributed by atoms with van der Waals surface area (Å²) in [6.45, 7) is 6.08. The molecule has 4 heterocycles. The van der Waals surface area contributed by atoms with Crippen molar-refractivity contribution in [3.8, 4) is 0 Å². The van der Waals surface area contributed by atoms with Crippen LogP contribution in [0, 0.1) is 5.92 Å². The molecule has 5 heteroatoms. The zero-order valence-electron chi connectivity index (χ0n) is 16.9. The van der Waals surface area contributed by atoms with Crippen molar-refractivity contribution in [2.75, 3.05) is 13.1 Å². The Hall–Kier alpha value is -2.66. The molecule has 3 aromatic rings. The van der Waals surface area contributed by atoms with E-state index in [2.05, 4.69) is 62.3 Å². The Morgan fingerprint density at radius 3 is 2.76 bits per heavy atom. The summed E-state index contributed by atoms with van der Waals surface area (Å²) in [5.74, 6) is 0.909. The Bertz CT molecular complexity index is 1040. The lowest BCUT2D eigenvalue weighted by Gasteiger charge is -2.47. The Morgan fingerprint density at radius 2 is 1.93 bits per heavy atom. The molecule has 5 nitrogen and oxygen atoms in total. The molecule has 3 atom stereocenters. The molecule has 0 spiro atoms. The number of rotatable bonds is 5. The molecule has 0 radical (unpaired) electrons. The van der Waals surface area contributed by atoms with Gasteiger partial charge in [-0.1, -0.05) is 36.4 Å². The van der Waals surface area contributed by atoms with Crippen LogP contribution in [0.1, 0.15) is 42.3 Å². The molecule has 0 saturated carbocycles. The number of hydrogen-bond acceptors (Lipinski definition) is 3. The maximum Gasteiger partial charge on any atom is 0.251 e. The van der Waals surface area contributed by atoms with E-state index in [0.717, 1.165) is 32.6 Å². The van der Waals surface area contributed by atoms with Crippen LogP contribution in [0.15, 0.2) is 65.8 Å². The topological polar surface area (TPSA) is 43.1 Å². The number of aromatic nitrogens is 3. The fraction of sp³-hybridized carbons (Fsp3) is 0.417. The highest BCUT2D eigenvalue weighted by Crippen LogP contribution is 2.42. The smallest absolute Gasteiger partial charge is 0.251 e. The number of nitrogens with zero attached hydrogens (tertiary/aromatic N) is 4. The third kappa shape index (κ3) is 3.44. The molecular formula is C24H28N4O. The van der Waals surface area contributed by atoms with Gasteiger partial charge in [0.25, 0.3) is 5.56 Å². The van der Waals surface area contributed by atoms with Crippen molar-refractivity contribution in [1.82, 2.24) is 19.0 Å². The first-order valence-electron chi connectivity index (χ1n) is 10.7. The predicted octanol–water partition coefficient (Wildman–Crippen LogP) is 3.47. The van der Waals surface area contributed by atoms with E-state index in [0.29, 0.717) is 11.8 Å². The first-order valence-corrected chi connectivity index (χ1v) is 10.7. The van der Waals surface area contributed by atoms with E-state index in [4.69, 9.17) is 0 Å². The van der Waals surface area contributed by atoms with Gasteiger partial charge in [-0.25, -0.2) is 4.98 Å². The molecule has 2 aliphatic rings. The van der Waals surface area contributed by atoms with Crippen molar-refractivity contribution in [1.29, 1.82) is 0 Å². The number of benzene rings is 1. The predicted molar refractivity (Wildman–Crippen MR) is 114 cm³/mol. The molecule has 0 amide bonds. The van der Waals surface area contributed by atoms with E-state index in [1.54, 1.807) is 6.07 Å². The normalized spacial score (nSPS) is 23.7. The van der Waals surface area contributed by atoms with Gasteiger partial charge in [-0.15, -0.1) is 0 Å². The van der Waals surface area contributed by atoms with E-state index >= 15 is 0 Å². The van der Waals surface area contributed by atoms with Crippen LogP contribution in [0.25, 0.3) is 0 Å². The molecule has 0 unspecified atom stereocenters. The quantitative estimate of drug-likeness (QED) is 0.672. The molecule has 1 aromatic carbocycles. The lowest BCUT2D eigenvalue weighted by molar-refractivity contribution is 0.0837. The van der Waals surface area contributed by atoms with Crippen LogP contribution in [0.4, 0.5) is 0 Å². The number of aryl methyl sites for hydroxylation is 1. The highest BCUT2D eigenvalue weighted by Gasteiger charge is 2.40. The number of likely N-dealkylation sites (tertiary alicyclic amines) is 1. The van der Waals surface area contributed by atoms with Crippen LogP contribution in [-0.4, -0.2) is 32.1 Å². The summed E-state index contributed by atoms with van der Waals surface area (Å²) >= 11 is 0. The minimum absolute atomic E-state index is 0.149. The van der Waals surface area contributed by atoms with Gasteiger partial charge in [0, 0.05) is 56.1 Å². The van der Waals surface area contributed by atoms with Crippen molar-refractivity contribution in [3.05, 3.63) is 88.4 Å². The molecule has 150 valence electrons. The zero-order chi connectivity index (χ0) is 19.8. The van der Waals surface area contributed by atoms with Crippen molar-refractivity contribution in [2.24, 2.45) is 5.92 Å². The standard InChI is InChI=1S/C24H28N4O/c1-2-27-17-25-13-21(27)16-26-14-19-12-20(15-26)23(11-18-7-4-3-5-8-18)28-22(19)9-6-10-24(28)29/h3-10,13,17,19-20,23H,2,11-12,14-16H2,1H3/t19-,20+,23+/m1/s1.